The normalized spacial score (nSPS) is 15.4. The lowest BCUT2D eigenvalue weighted by Gasteiger charge is -2.36. The number of esters is 1. The number of unbranched alkanes of at least 4 members (excludes halogenated alkanes) is 5. The van der Waals surface area contributed by atoms with Crippen LogP contribution in [0.1, 0.15) is 75.0 Å². The predicted molar refractivity (Wildman–Crippen MR) is 161 cm³/mol. The molecule has 1 atom stereocenters. The Labute approximate surface area is 243 Å². The van der Waals surface area contributed by atoms with Crippen LogP contribution in [0.25, 0.3) is 0 Å². The Kier molecular flexibility index (Phi) is 11.1. The molecular weight excluding hydrogens is 512 g/mol. The van der Waals surface area contributed by atoms with Crippen LogP contribution >= 0.6 is 0 Å². The molecule has 3 aromatic rings. The van der Waals surface area contributed by atoms with Gasteiger partial charge in [-0.05, 0) is 42.4 Å². The lowest BCUT2D eigenvalue weighted by atomic mass is 9.80. The van der Waals surface area contributed by atoms with E-state index < -0.39 is 23.5 Å². The predicted octanol–water partition coefficient (Wildman–Crippen LogP) is 8.00. The second-order valence-corrected chi connectivity index (χ2v) is 10.4. The smallest absolute Gasteiger partial charge is 0.346 e. The van der Waals surface area contributed by atoms with E-state index in [0.717, 1.165) is 29.5 Å². The molecule has 1 heterocycles. The number of hydrogen-bond acceptors (Lipinski definition) is 5. The van der Waals surface area contributed by atoms with E-state index in [-0.39, 0.29) is 24.4 Å². The van der Waals surface area contributed by atoms with Crippen molar-refractivity contribution >= 4 is 11.8 Å². The Hall–Kier alpha value is -3.96. The summed E-state index contributed by atoms with van der Waals surface area (Å²) in [5.74, 6) is -1.54. The molecule has 214 valence electrons. The van der Waals surface area contributed by atoms with Crippen molar-refractivity contribution in [1.29, 1.82) is 0 Å². The molecule has 1 unspecified atom stereocenters. The Morgan fingerprint density at radius 1 is 0.805 bits per heavy atom. The second kappa shape index (κ2) is 15.2. The third-order valence-corrected chi connectivity index (χ3v) is 7.45. The maximum absolute atomic E-state index is 12.9. The van der Waals surface area contributed by atoms with Crippen LogP contribution in [0, 0.1) is 0 Å². The van der Waals surface area contributed by atoms with E-state index in [0.29, 0.717) is 6.42 Å². The van der Waals surface area contributed by atoms with Gasteiger partial charge >= 0.3 is 5.97 Å². The fraction of sp³-hybridized carbons (Fsp3) is 0.333. The van der Waals surface area contributed by atoms with E-state index in [1.165, 1.54) is 25.7 Å². The summed E-state index contributed by atoms with van der Waals surface area (Å²) in [4.78, 5) is 25.6. The van der Waals surface area contributed by atoms with Gasteiger partial charge in [-0.3, -0.25) is 4.79 Å². The Morgan fingerprint density at radius 3 is 1.83 bits per heavy atom. The van der Waals surface area contributed by atoms with Gasteiger partial charge in [0.2, 0.25) is 0 Å². The van der Waals surface area contributed by atoms with Crippen molar-refractivity contribution in [3.63, 3.8) is 0 Å². The fourth-order valence-electron chi connectivity index (χ4n) is 5.28. The highest BCUT2D eigenvalue weighted by atomic mass is 16.6. The first kappa shape index (κ1) is 30.0. The van der Waals surface area contributed by atoms with Crippen LogP contribution in [0.2, 0.25) is 0 Å². The Bertz CT molecular complexity index is 1220. The minimum Gasteiger partial charge on any atom is -0.507 e. The topological polar surface area (TPSA) is 72.8 Å². The molecule has 1 aliphatic rings. The third-order valence-electron chi connectivity index (χ3n) is 7.45. The third kappa shape index (κ3) is 7.42. The van der Waals surface area contributed by atoms with Crippen LogP contribution < -0.4 is 0 Å². The average molecular weight is 553 g/mol. The van der Waals surface area contributed by atoms with Crippen molar-refractivity contribution in [2.45, 2.75) is 70.0 Å². The number of Topliss-reactive ketones (excluding diaryl/α,β-unsaturated/α-hetero) is 1. The van der Waals surface area contributed by atoms with Crippen molar-refractivity contribution in [1.82, 2.24) is 0 Å². The van der Waals surface area contributed by atoms with Crippen molar-refractivity contribution in [2.24, 2.45) is 0 Å². The lowest BCUT2D eigenvalue weighted by molar-refractivity contribution is -0.145. The summed E-state index contributed by atoms with van der Waals surface area (Å²) in [7, 11) is 0. The van der Waals surface area contributed by atoms with Gasteiger partial charge in [0.1, 0.15) is 11.2 Å². The van der Waals surface area contributed by atoms with Gasteiger partial charge in [0.25, 0.3) is 0 Å². The summed E-state index contributed by atoms with van der Waals surface area (Å²) in [6.45, 7) is 2.07. The van der Waals surface area contributed by atoms with Crippen LogP contribution in [0.15, 0.2) is 114 Å². The van der Waals surface area contributed by atoms with Gasteiger partial charge in [0, 0.05) is 6.42 Å². The van der Waals surface area contributed by atoms with Crippen molar-refractivity contribution in [2.75, 3.05) is 6.61 Å². The molecular formula is C36H40O5. The number of hydrogen-bond donors (Lipinski definition) is 1. The number of cyclic esters (lactones) is 1. The summed E-state index contributed by atoms with van der Waals surface area (Å²) < 4.78 is 12.2. The first-order valence-electron chi connectivity index (χ1n) is 14.7. The second-order valence-electron chi connectivity index (χ2n) is 10.4. The zero-order valence-corrected chi connectivity index (χ0v) is 23.8. The summed E-state index contributed by atoms with van der Waals surface area (Å²) in [5.41, 5.74) is 1.37. The molecule has 5 nitrogen and oxygen atoms in total. The Balaban J connectivity index is 1.49. The molecule has 0 saturated carbocycles. The number of carbonyl (C=O) groups is 2. The van der Waals surface area contributed by atoms with Gasteiger partial charge < -0.3 is 14.6 Å². The van der Waals surface area contributed by atoms with Crippen molar-refractivity contribution in [3.8, 4) is 0 Å². The zero-order chi connectivity index (χ0) is 28.9. The highest BCUT2D eigenvalue weighted by molar-refractivity contribution is 6.19. The summed E-state index contributed by atoms with van der Waals surface area (Å²) in [6, 6.07) is 29.5. The van der Waals surface area contributed by atoms with E-state index in [1.807, 2.05) is 91.0 Å². The minimum absolute atomic E-state index is 0.131. The molecule has 5 heteroatoms. The lowest BCUT2D eigenvalue weighted by Crippen LogP contribution is -2.36. The molecule has 0 spiro atoms. The van der Waals surface area contributed by atoms with Crippen LogP contribution in [-0.4, -0.2) is 29.6 Å². The van der Waals surface area contributed by atoms with Gasteiger partial charge in [-0.25, -0.2) is 4.79 Å². The molecule has 0 saturated heterocycles. The Morgan fingerprint density at radius 2 is 1.32 bits per heavy atom. The average Bonchev–Trinajstić information content (AvgIpc) is 3.30. The van der Waals surface area contributed by atoms with Crippen LogP contribution in [0.4, 0.5) is 0 Å². The van der Waals surface area contributed by atoms with Crippen LogP contribution in [0.3, 0.4) is 0 Å². The number of ketones is 1. The minimum atomic E-state index is -1.07. The van der Waals surface area contributed by atoms with Crippen molar-refractivity contribution < 1.29 is 24.2 Å². The molecule has 3 aromatic carbocycles. The molecule has 0 aliphatic carbocycles. The molecule has 0 fully saturated rings. The SMILES string of the molecule is CCCCCC/C=C/CCCC(=O)C1=C(O)C(COC(c2ccccc2)(c2ccccc2)c2ccccc2)OC1=O. The molecule has 41 heavy (non-hydrogen) atoms. The quantitative estimate of drug-likeness (QED) is 0.0641. The molecule has 4 rings (SSSR count). The first-order chi connectivity index (χ1) is 20.1. The number of carbonyl (C=O) groups excluding carboxylic acids is 2. The molecule has 1 N–H and O–H groups in total. The molecule has 0 bridgehead atoms. The van der Waals surface area contributed by atoms with Gasteiger partial charge in [0.05, 0.1) is 6.61 Å². The number of benzene rings is 3. The number of allylic oxidation sites excluding steroid dienone is 2. The monoisotopic (exact) mass is 552 g/mol. The number of ether oxygens (including phenoxy) is 2. The standard InChI is InChI=1S/C36H40O5/c1-2-3-4-5-6-7-8-9-19-26-31(37)33-34(38)32(41-35(33)39)27-40-36(28-20-13-10-14-21-28,29-22-15-11-16-23-29)30-24-17-12-18-25-30/h7-8,10-18,20-25,32,38H,2-6,9,19,26-27H2,1H3/b8-7+. The van der Waals surface area contributed by atoms with Gasteiger partial charge in [0.15, 0.2) is 17.6 Å². The summed E-state index contributed by atoms with van der Waals surface area (Å²) in [6.07, 6.45) is 10.7. The van der Waals surface area contributed by atoms with Crippen LogP contribution in [0.5, 0.6) is 0 Å². The maximum atomic E-state index is 12.9. The van der Waals surface area contributed by atoms with Crippen LogP contribution in [-0.2, 0) is 24.7 Å². The van der Waals surface area contributed by atoms with E-state index in [9.17, 15) is 14.7 Å². The summed E-state index contributed by atoms with van der Waals surface area (Å²) in [5, 5.41) is 11.0. The van der Waals surface area contributed by atoms with E-state index >= 15 is 0 Å². The molecule has 0 radical (unpaired) electrons. The fourth-order valence-corrected chi connectivity index (χ4v) is 5.28. The molecule has 1 aliphatic heterocycles. The highest BCUT2D eigenvalue weighted by Gasteiger charge is 2.42. The number of rotatable bonds is 16. The highest BCUT2D eigenvalue weighted by Crippen LogP contribution is 2.41. The van der Waals surface area contributed by atoms with Gasteiger partial charge in [-0.15, -0.1) is 0 Å². The number of aliphatic hydroxyl groups excluding tert-OH is 1. The van der Waals surface area contributed by atoms with Gasteiger partial charge in [-0.1, -0.05) is 129 Å². The maximum Gasteiger partial charge on any atom is 0.346 e. The molecule has 0 amide bonds. The van der Waals surface area contributed by atoms with Gasteiger partial charge in [-0.2, -0.15) is 0 Å². The van der Waals surface area contributed by atoms with Crippen molar-refractivity contribution in [3.05, 3.63) is 131 Å². The van der Waals surface area contributed by atoms with E-state index in [4.69, 9.17) is 9.47 Å². The molecule has 0 aromatic heterocycles. The number of aliphatic hydroxyl groups is 1. The first-order valence-corrected chi connectivity index (χ1v) is 14.7. The van der Waals surface area contributed by atoms with E-state index in [2.05, 4.69) is 19.1 Å². The zero-order valence-electron chi connectivity index (χ0n) is 23.8. The van der Waals surface area contributed by atoms with E-state index in [1.54, 1.807) is 0 Å². The summed E-state index contributed by atoms with van der Waals surface area (Å²) >= 11 is 0. The largest absolute Gasteiger partial charge is 0.507 e.